The molecule has 0 aromatic carbocycles. The van der Waals surface area contributed by atoms with Crippen LogP contribution >= 0.6 is 0 Å². The Balaban J connectivity index is 1.28. The molecule has 8 heteroatoms. The van der Waals surface area contributed by atoms with Crippen molar-refractivity contribution in [2.24, 2.45) is 11.3 Å². The van der Waals surface area contributed by atoms with Gasteiger partial charge in [0.05, 0.1) is 6.10 Å². The molecule has 1 spiro atoms. The molecule has 0 radical (unpaired) electrons. The number of hydrogen-bond donors (Lipinski definition) is 1. The largest absolute Gasteiger partial charge is 0.377 e. The molecular weight excluding hydrogens is 396 g/mol. The van der Waals surface area contributed by atoms with Crippen molar-refractivity contribution in [1.29, 1.82) is 0 Å². The van der Waals surface area contributed by atoms with Gasteiger partial charge in [0, 0.05) is 39.3 Å². The second-order valence-electron chi connectivity index (χ2n) is 10.9. The van der Waals surface area contributed by atoms with Gasteiger partial charge in [0.1, 0.15) is 12.1 Å². The average molecular weight is 435 g/mol. The number of nitrogens with one attached hydrogen (secondary N) is 1. The Labute approximate surface area is 185 Å². The van der Waals surface area contributed by atoms with Crippen LogP contribution in [0.4, 0.5) is 4.79 Å². The van der Waals surface area contributed by atoms with Crippen molar-refractivity contribution < 1.29 is 19.1 Å². The Kier molecular flexibility index (Phi) is 6.32. The highest BCUT2D eigenvalue weighted by Crippen LogP contribution is 2.43. The molecule has 0 aromatic heterocycles. The molecule has 174 valence electrons. The van der Waals surface area contributed by atoms with Crippen LogP contribution in [-0.4, -0.2) is 90.1 Å². The molecule has 4 amide bonds. The number of carbonyl (C=O) groups is 3. The van der Waals surface area contributed by atoms with Gasteiger partial charge in [-0.2, -0.15) is 0 Å². The van der Waals surface area contributed by atoms with Crippen molar-refractivity contribution in [3.05, 3.63) is 0 Å². The van der Waals surface area contributed by atoms with Crippen LogP contribution < -0.4 is 5.32 Å². The second-order valence-corrected chi connectivity index (χ2v) is 10.9. The first-order chi connectivity index (χ1) is 14.7. The zero-order valence-corrected chi connectivity index (χ0v) is 19.3. The zero-order chi connectivity index (χ0) is 22.2. The highest BCUT2D eigenvalue weighted by atomic mass is 16.5. The first-order valence-corrected chi connectivity index (χ1v) is 11.9. The summed E-state index contributed by atoms with van der Waals surface area (Å²) in [6.07, 6.45) is 5.72. The summed E-state index contributed by atoms with van der Waals surface area (Å²) in [4.78, 5) is 43.9. The van der Waals surface area contributed by atoms with Crippen LogP contribution in [0.3, 0.4) is 0 Å². The molecule has 3 aliphatic heterocycles. The zero-order valence-electron chi connectivity index (χ0n) is 19.3. The van der Waals surface area contributed by atoms with Crippen LogP contribution in [0.25, 0.3) is 0 Å². The predicted octanol–water partition coefficient (Wildman–Crippen LogP) is 1.84. The van der Waals surface area contributed by atoms with E-state index in [1.54, 1.807) is 4.90 Å². The van der Waals surface area contributed by atoms with E-state index in [0.29, 0.717) is 38.0 Å². The Bertz CT molecular complexity index is 697. The Morgan fingerprint density at radius 1 is 1.10 bits per heavy atom. The lowest BCUT2D eigenvalue weighted by Crippen LogP contribution is -2.53. The summed E-state index contributed by atoms with van der Waals surface area (Å²) in [5.74, 6) is 0.195. The van der Waals surface area contributed by atoms with E-state index < -0.39 is 11.6 Å². The molecule has 0 aromatic rings. The average Bonchev–Trinajstić information content (AvgIpc) is 3.31. The molecular formula is C23H38N4O4. The van der Waals surface area contributed by atoms with Gasteiger partial charge >= 0.3 is 6.03 Å². The Hall–Kier alpha value is -1.67. The van der Waals surface area contributed by atoms with Gasteiger partial charge in [-0.3, -0.25) is 19.4 Å². The number of ether oxygens (including phenoxy) is 1. The standard InChI is InChI=1S/C23H38N4O4/c1-22(2,3)17-6-8-23(9-7-17)20(29)27(21(30)24-23)16-19(28)26-12-10-25(11-13-26)15-18-5-4-14-31-18/h17-18H,4-16H2,1-3H3,(H,24,30). The van der Waals surface area contributed by atoms with Crippen LogP contribution in [-0.2, 0) is 14.3 Å². The molecule has 4 fully saturated rings. The van der Waals surface area contributed by atoms with E-state index in [-0.39, 0.29) is 23.8 Å². The van der Waals surface area contributed by atoms with Crippen LogP contribution in [0.5, 0.6) is 0 Å². The van der Waals surface area contributed by atoms with E-state index in [1.807, 2.05) is 0 Å². The van der Waals surface area contributed by atoms with Crippen LogP contribution in [0.15, 0.2) is 0 Å². The topological polar surface area (TPSA) is 82.2 Å². The van der Waals surface area contributed by atoms with Crippen molar-refractivity contribution in [1.82, 2.24) is 20.0 Å². The normalized spacial score (nSPS) is 32.7. The van der Waals surface area contributed by atoms with Gasteiger partial charge in [-0.15, -0.1) is 0 Å². The summed E-state index contributed by atoms with van der Waals surface area (Å²) >= 11 is 0. The third-order valence-corrected chi connectivity index (χ3v) is 7.81. The highest BCUT2D eigenvalue weighted by Gasteiger charge is 2.53. The highest BCUT2D eigenvalue weighted by molar-refractivity contribution is 6.09. The van der Waals surface area contributed by atoms with Crippen molar-refractivity contribution in [3.63, 3.8) is 0 Å². The molecule has 1 saturated carbocycles. The van der Waals surface area contributed by atoms with E-state index in [9.17, 15) is 14.4 Å². The van der Waals surface area contributed by atoms with E-state index >= 15 is 0 Å². The van der Waals surface area contributed by atoms with E-state index in [1.165, 1.54) is 0 Å². The summed E-state index contributed by atoms with van der Waals surface area (Å²) in [7, 11) is 0. The third-order valence-electron chi connectivity index (χ3n) is 7.81. The maximum atomic E-state index is 13.2. The van der Waals surface area contributed by atoms with Gasteiger partial charge in [-0.25, -0.2) is 4.79 Å². The molecule has 4 rings (SSSR count). The van der Waals surface area contributed by atoms with Gasteiger partial charge in [-0.1, -0.05) is 20.8 Å². The van der Waals surface area contributed by atoms with Crippen molar-refractivity contribution in [2.75, 3.05) is 45.9 Å². The first kappa shape index (κ1) is 22.5. The molecule has 4 aliphatic rings. The summed E-state index contributed by atoms with van der Waals surface area (Å²) in [5, 5.41) is 2.94. The van der Waals surface area contributed by atoms with E-state index in [0.717, 1.165) is 56.8 Å². The van der Waals surface area contributed by atoms with Crippen LogP contribution in [0.2, 0.25) is 0 Å². The monoisotopic (exact) mass is 434 g/mol. The quantitative estimate of drug-likeness (QED) is 0.683. The molecule has 3 heterocycles. The number of imide groups is 1. The lowest BCUT2D eigenvalue weighted by Gasteiger charge is -2.40. The minimum absolute atomic E-state index is 0.138. The lowest BCUT2D eigenvalue weighted by atomic mass is 9.67. The van der Waals surface area contributed by atoms with E-state index in [4.69, 9.17) is 4.74 Å². The van der Waals surface area contributed by atoms with Crippen LogP contribution in [0.1, 0.15) is 59.3 Å². The molecule has 1 unspecified atom stereocenters. The molecule has 1 aliphatic carbocycles. The molecule has 1 N–H and O–H groups in total. The van der Waals surface area contributed by atoms with E-state index in [2.05, 4.69) is 31.0 Å². The van der Waals surface area contributed by atoms with Crippen molar-refractivity contribution in [3.8, 4) is 0 Å². The minimum atomic E-state index is -0.806. The number of carbonyl (C=O) groups excluding carboxylic acids is 3. The van der Waals surface area contributed by atoms with Gasteiger partial charge in [0.25, 0.3) is 5.91 Å². The summed E-state index contributed by atoms with van der Waals surface area (Å²) in [6.45, 7) is 11.2. The fourth-order valence-electron chi connectivity index (χ4n) is 5.63. The predicted molar refractivity (Wildman–Crippen MR) is 116 cm³/mol. The Morgan fingerprint density at radius 3 is 2.35 bits per heavy atom. The number of amides is 4. The minimum Gasteiger partial charge on any atom is -0.377 e. The SMILES string of the molecule is CC(C)(C)C1CCC2(CC1)NC(=O)N(CC(=O)N1CCN(CC3CCCO3)CC1)C2=O. The summed E-state index contributed by atoms with van der Waals surface area (Å²) in [5.41, 5.74) is -0.603. The summed E-state index contributed by atoms with van der Waals surface area (Å²) < 4.78 is 5.71. The van der Waals surface area contributed by atoms with Gasteiger partial charge < -0.3 is 15.0 Å². The molecule has 3 saturated heterocycles. The number of hydrogen-bond acceptors (Lipinski definition) is 5. The van der Waals surface area contributed by atoms with Gasteiger partial charge in [-0.05, 0) is 49.9 Å². The fourth-order valence-corrected chi connectivity index (χ4v) is 5.63. The smallest absolute Gasteiger partial charge is 0.325 e. The van der Waals surface area contributed by atoms with Gasteiger partial charge in [0.2, 0.25) is 5.91 Å². The molecule has 31 heavy (non-hydrogen) atoms. The number of nitrogens with zero attached hydrogens (tertiary/aromatic N) is 3. The second kappa shape index (κ2) is 8.70. The van der Waals surface area contributed by atoms with Gasteiger partial charge in [0.15, 0.2) is 0 Å². The first-order valence-electron chi connectivity index (χ1n) is 11.9. The number of rotatable bonds is 4. The molecule has 8 nitrogen and oxygen atoms in total. The summed E-state index contributed by atoms with van der Waals surface area (Å²) in [6, 6.07) is -0.412. The molecule has 0 bridgehead atoms. The lowest BCUT2D eigenvalue weighted by molar-refractivity contribution is -0.140. The van der Waals surface area contributed by atoms with Crippen molar-refractivity contribution in [2.45, 2.75) is 70.9 Å². The maximum Gasteiger partial charge on any atom is 0.325 e. The number of piperazine rings is 1. The number of urea groups is 1. The maximum absolute atomic E-state index is 13.2. The van der Waals surface area contributed by atoms with Crippen molar-refractivity contribution >= 4 is 17.8 Å². The fraction of sp³-hybridized carbons (Fsp3) is 0.870. The third kappa shape index (κ3) is 4.75. The van der Waals surface area contributed by atoms with Crippen LogP contribution in [0, 0.1) is 11.3 Å². The Morgan fingerprint density at radius 2 is 1.77 bits per heavy atom. The molecule has 1 atom stereocenters.